The van der Waals surface area contributed by atoms with Crippen molar-refractivity contribution in [3.8, 4) is 0 Å². The normalized spacial score (nSPS) is 30.8. The van der Waals surface area contributed by atoms with Gasteiger partial charge in [-0.25, -0.2) is 0 Å². The topological polar surface area (TPSA) is 59.1 Å². The fourth-order valence-corrected chi connectivity index (χ4v) is 1.43. The fourth-order valence-electron chi connectivity index (χ4n) is 1.43. The third-order valence-corrected chi connectivity index (χ3v) is 2.03. The highest BCUT2D eigenvalue weighted by atomic mass is 16.6. The van der Waals surface area contributed by atoms with Crippen molar-refractivity contribution in [1.29, 1.82) is 0 Å². The predicted molar refractivity (Wildman–Crippen MR) is 46.2 cm³/mol. The molecule has 1 aliphatic heterocycles. The maximum atomic E-state index is 10.6. The number of hydrogen-bond acceptors (Lipinski definition) is 4. The van der Waals surface area contributed by atoms with Gasteiger partial charge in [-0.1, -0.05) is 0 Å². The van der Waals surface area contributed by atoms with Crippen molar-refractivity contribution >= 4 is 5.97 Å². The second-order valence-corrected chi connectivity index (χ2v) is 3.54. The highest BCUT2D eigenvalue weighted by molar-refractivity contribution is 5.66. The van der Waals surface area contributed by atoms with Crippen LogP contribution in [0.25, 0.3) is 0 Å². The number of rotatable bonds is 4. The molecule has 0 saturated carbocycles. The zero-order valence-corrected chi connectivity index (χ0v) is 8.19. The number of hydrogen-bond donors (Lipinski definition) is 1. The Morgan fingerprint density at radius 1 is 1.62 bits per heavy atom. The van der Waals surface area contributed by atoms with Crippen LogP contribution < -0.4 is 0 Å². The van der Waals surface area contributed by atoms with Gasteiger partial charge in [0.25, 0.3) is 0 Å². The molecular formula is C9H16O4. The summed E-state index contributed by atoms with van der Waals surface area (Å²) in [6.45, 7) is 4.90. The lowest BCUT2D eigenvalue weighted by Crippen LogP contribution is -2.18. The SMILES string of the molecule is CC(=O)O[C@H](C)C[C@H]1O[C@H]1[C@H](C)O. The minimum Gasteiger partial charge on any atom is -0.463 e. The second-order valence-electron chi connectivity index (χ2n) is 3.54. The first-order valence-corrected chi connectivity index (χ1v) is 4.51. The van der Waals surface area contributed by atoms with E-state index in [9.17, 15) is 4.79 Å². The van der Waals surface area contributed by atoms with Crippen molar-refractivity contribution in [2.45, 2.75) is 51.6 Å². The van der Waals surface area contributed by atoms with Gasteiger partial charge in [0.15, 0.2) is 0 Å². The first kappa shape index (κ1) is 10.5. The molecule has 1 aliphatic rings. The van der Waals surface area contributed by atoms with E-state index < -0.39 is 6.10 Å². The van der Waals surface area contributed by atoms with Gasteiger partial charge in [-0.15, -0.1) is 0 Å². The number of ether oxygens (including phenoxy) is 2. The molecule has 0 amide bonds. The van der Waals surface area contributed by atoms with Crippen LogP contribution in [0, 0.1) is 0 Å². The van der Waals surface area contributed by atoms with Crippen LogP contribution in [0.4, 0.5) is 0 Å². The number of aliphatic hydroxyl groups is 1. The molecule has 0 spiro atoms. The third-order valence-electron chi connectivity index (χ3n) is 2.03. The molecule has 0 aromatic rings. The second kappa shape index (κ2) is 4.07. The molecule has 0 aromatic carbocycles. The molecule has 1 rings (SSSR count). The number of carbonyl (C=O) groups is 1. The van der Waals surface area contributed by atoms with Gasteiger partial charge in [0.1, 0.15) is 12.2 Å². The summed E-state index contributed by atoms with van der Waals surface area (Å²) < 4.78 is 10.1. The van der Waals surface area contributed by atoms with E-state index >= 15 is 0 Å². The standard InChI is InChI=1S/C9H16O4/c1-5(12-7(3)11)4-8-9(13-8)6(2)10/h5-6,8-10H,4H2,1-3H3/t5-,6+,8-,9+/m1/s1. The first-order chi connectivity index (χ1) is 6.00. The predicted octanol–water partition coefficient (Wildman–Crippen LogP) is 0.476. The van der Waals surface area contributed by atoms with E-state index in [1.165, 1.54) is 6.92 Å². The van der Waals surface area contributed by atoms with Crippen molar-refractivity contribution < 1.29 is 19.4 Å². The zero-order chi connectivity index (χ0) is 10.0. The minimum atomic E-state index is -0.436. The van der Waals surface area contributed by atoms with Gasteiger partial charge in [-0.2, -0.15) is 0 Å². The third kappa shape index (κ3) is 3.32. The highest BCUT2D eigenvalue weighted by Gasteiger charge is 2.43. The van der Waals surface area contributed by atoms with E-state index in [2.05, 4.69) is 0 Å². The highest BCUT2D eigenvalue weighted by Crippen LogP contribution is 2.29. The molecule has 0 unspecified atom stereocenters. The van der Waals surface area contributed by atoms with Crippen LogP contribution in [0.3, 0.4) is 0 Å². The maximum absolute atomic E-state index is 10.6. The maximum Gasteiger partial charge on any atom is 0.302 e. The van der Waals surface area contributed by atoms with Crippen LogP contribution in [-0.2, 0) is 14.3 Å². The van der Waals surface area contributed by atoms with Gasteiger partial charge in [0.2, 0.25) is 0 Å². The molecule has 0 aromatic heterocycles. The van der Waals surface area contributed by atoms with Crippen LogP contribution in [-0.4, -0.2) is 35.5 Å². The molecule has 1 fully saturated rings. The van der Waals surface area contributed by atoms with Crippen LogP contribution >= 0.6 is 0 Å². The Bertz CT molecular complexity index is 190. The van der Waals surface area contributed by atoms with Gasteiger partial charge in [0.05, 0.1) is 12.2 Å². The van der Waals surface area contributed by atoms with Crippen molar-refractivity contribution in [2.75, 3.05) is 0 Å². The lowest BCUT2D eigenvalue weighted by Gasteiger charge is -2.09. The number of epoxide rings is 1. The zero-order valence-electron chi connectivity index (χ0n) is 8.19. The van der Waals surface area contributed by atoms with E-state index in [1.54, 1.807) is 6.92 Å². The lowest BCUT2D eigenvalue weighted by molar-refractivity contribution is -0.145. The summed E-state index contributed by atoms with van der Waals surface area (Å²) >= 11 is 0. The summed E-state index contributed by atoms with van der Waals surface area (Å²) in [5, 5.41) is 9.12. The molecule has 76 valence electrons. The van der Waals surface area contributed by atoms with Gasteiger partial charge >= 0.3 is 5.97 Å². The summed E-state index contributed by atoms with van der Waals surface area (Å²) in [7, 11) is 0. The molecule has 0 aliphatic carbocycles. The van der Waals surface area contributed by atoms with Crippen molar-refractivity contribution in [3.05, 3.63) is 0 Å². The van der Waals surface area contributed by atoms with E-state index in [1.807, 2.05) is 6.92 Å². The summed E-state index contributed by atoms with van der Waals surface area (Å²) in [6.07, 6.45) is 0.0722. The first-order valence-electron chi connectivity index (χ1n) is 4.51. The average Bonchev–Trinajstić information content (AvgIpc) is 2.64. The average molecular weight is 188 g/mol. The van der Waals surface area contributed by atoms with Crippen LogP contribution in [0.1, 0.15) is 27.2 Å². The molecular weight excluding hydrogens is 172 g/mol. The molecule has 1 heterocycles. The van der Waals surface area contributed by atoms with Crippen LogP contribution in [0.2, 0.25) is 0 Å². The van der Waals surface area contributed by atoms with Crippen LogP contribution in [0.15, 0.2) is 0 Å². The fraction of sp³-hybridized carbons (Fsp3) is 0.889. The number of aliphatic hydroxyl groups excluding tert-OH is 1. The van der Waals surface area contributed by atoms with Crippen molar-refractivity contribution in [2.24, 2.45) is 0 Å². The minimum absolute atomic E-state index is 0.0503. The molecule has 0 radical (unpaired) electrons. The summed E-state index contributed by atoms with van der Waals surface area (Å²) in [6, 6.07) is 0. The number of esters is 1. The molecule has 4 heteroatoms. The molecule has 0 bridgehead atoms. The Morgan fingerprint density at radius 2 is 2.23 bits per heavy atom. The molecule has 1 N–H and O–H groups in total. The van der Waals surface area contributed by atoms with Crippen molar-refractivity contribution in [3.63, 3.8) is 0 Å². The van der Waals surface area contributed by atoms with Gasteiger partial charge < -0.3 is 14.6 Å². The number of carbonyl (C=O) groups excluding carboxylic acids is 1. The Kier molecular flexibility index (Phi) is 3.27. The Morgan fingerprint density at radius 3 is 2.62 bits per heavy atom. The summed E-state index contributed by atoms with van der Waals surface area (Å²) in [4.78, 5) is 10.6. The van der Waals surface area contributed by atoms with E-state index in [0.29, 0.717) is 6.42 Å². The lowest BCUT2D eigenvalue weighted by atomic mass is 10.1. The van der Waals surface area contributed by atoms with Crippen LogP contribution in [0.5, 0.6) is 0 Å². The van der Waals surface area contributed by atoms with Gasteiger partial charge in [0, 0.05) is 13.3 Å². The molecule has 1 saturated heterocycles. The molecule has 4 nitrogen and oxygen atoms in total. The van der Waals surface area contributed by atoms with E-state index in [0.717, 1.165) is 0 Å². The molecule has 13 heavy (non-hydrogen) atoms. The Balaban J connectivity index is 2.16. The van der Waals surface area contributed by atoms with Gasteiger partial charge in [-0.3, -0.25) is 4.79 Å². The quantitative estimate of drug-likeness (QED) is 0.515. The summed E-state index contributed by atoms with van der Waals surface area (Å²) in [5.74, 6) is -0.276. The van der Waals surface area contributed by atoms with E-state index in [4.69, 9.17) is 14.6 Å². The smallest absolute Gasteiger partial charge is 0.302 e. The summed E-state index contributed by atoms with van der Waals surface area (Å²) in [5.41, 5.74) is 0. The Labute approximate surface area is 77.8 Å². The van der Waals surface area contributed by atoms with Crippen molar-refractivity contribution in [1.82, 2.24) is 0 Å². The largest absolute Gasteiger partial charge is 0.463 e. The Hall–Kier alpha value is -0.610. The van der Waals surface area contributed by atoms with E-state index in [-0.39, 0.29) is 24.3 Å². The monoisotopic (exact) mass is 188 g/mol. The molecule has 4 atom stereocenters. The van der Waals surface area contributed by atoms with Gasteiger partial charge in [-0.05, 0) is 13.8 Å².